The van der Waals surface area contributed by atoms with Gasteiger partial charge in [-0.15, -0.1) is 0 Å². The topological polar surface area (TPSA) is 21.3 Å². The van der Waals surface area contributed by atoms with Crippen LogP contribution in [0.3, 0.4) is 0 Å². The van der Waals surface area contributed by atoms with Crippen molar-refractivity contribution in [3.63, 3.8) is 0 Å². The lowest BCUT2D eigenvalue weighted by Crippen LogP contribution is -2.28. The van der Waals surface area contributed by atoms with Gasteiger partial charge in [0.15, 0.2) is 0 Å². The third-order valence-corrected chi connectivity index (χ3v) is 2.82. The van der Waals surface area contributed by atoms with Gasteiger partial charge in [-0.05, 0) is 25.6 Å². The Balaban J connectivity index is 2.66. The molecule has 0 heterocycles. The van der Waals surface area contributed by atoms with Gasteiger partial charge in [0.05, 0.1) is 10.0 Å². The van der Waals surface area contributed by atoms with Crippen molar-refractivity contribution >= 4 is 23.2 Å². The highest BCUT2D eigenvalue weighted by molar-refractivity contribution is 6.42. The Bertz CT molecular complexity index is 317. The van der Waals surface area contributed by atoms with Gasteiger partial charge < -0.3 is 10.1 Å². The highest BCUT2D eigenvalue weighted by Gasteiger charge is 2.07. The first kappa shape index (κ1) is 12.6. The smallest absolute Gasteiger partial charge is 0.121 e. The Hall–Kier alpha value is -0.440. The summed E-state index contributed by atoms with van der Waals surface area (Å²) in [5, 5.41) is 4.15. The fraction of sp³-hybridized carbons (Fsp3) is 0.455. The zero-order chi connectivity index (χ0) is 11.3. The summed E-state index contributed by atoms with van der Waals surface area (Å²) in [7, 11) is 1.90. The highest BCUT2D eigenvalue weighted by atomic mass is 35.5. The Morgan fingerprint density at radius 3 is 2.60 bits per heavy atom. The molecule has 2 nitrogen and oxygen atoms in total. The maximum absolute atomic E-state index is 5.89. The average molecular weight is 248 g/mol. The molecular weight excluding hydrogens is 233 g/mol. The van der Waals surface area contributed by atoms with E-state index in [0.717, 1.165) is 18.7 Å². The summed E-state index contributed by atoms with van der Waals surface area (Å²) in [5.41, 5.74) is 0. The van der Waals surface area contributed by atoms with Crippen LogP contribution in [-0.4, -0.2) is 19.7 Å². The molecule has 1 rings (SSSR count). The normalized spacial score (nSPS) is 12.5. The van der Waals surface area contributed by atoms with Crippen molar-refractivity contribution in [1.29, 1.82) is 0 Å². The number of benzene rings is 1. The molecule has 1 unspecified atom stereocenters. The van der Waals surface area contributed by atoms with Crippen LogP contribution in [0.15, 0.2) is 18.2 Å². The zero-order valence-electron chi connectivity index (χ0n) is 8.89. The maximum Gasteiger partial charge on any atom is 0.121 e. The molecule has 4 heteroatoms. The second kappa shape index (κ2) is 6.21. The molecule has 1 aromatic rings. The largest absolute Gasteiger partial charge is 0.489 e. The van der Waals surface area contributed by atoms with Gasteiger partial charge in [-0.1, -0.05) is 30.1 Å². The van der Waals surface area contributed by atoms with E-state index in [4.69, 9.17) is 27.9 Å². The van der Waals surface area contributed by atoms with Crippen LogP contribution in [0.2, 0.25) is 10.0 Å². The van der Waals surface area contributed by atoms with Crippen LogP contribution in [0.25, 0.3) is 0 Å². The molecule has 84 valence electrons. The number of halogens is 2. The molecule has 0 radical (unpaired) electrons. The number of rotatable bonds is 5. The fourth-order valence-electron chi connectivity index (χ4n) is 1.24. The summed E-state index contributed by atoms with van der Waals surface area (Å²) in [4.78, 5) is 0. The number of hydrogen-bond acceptors (Lipinski definition) is 2. The number of ether oxygens (including phenoxy) is 1. The van der Waals surface area contributed by atoms with Crippen LogP contribution >= 0.6 is 23.2 Å². The van der Waals surface area contributed by atoms with E-state index in [0.29, 0.717) is 10.0 Å². The standard InChI is InChI=1S/C11H15Cl2NO/c1-3-8(7-14-2)15-9-4-5-10(12)11(13)6-9/h4-6,8,14H,3,7H2,1-2H3. The molecule has 0 aliphatic heterocycles. The number of nitrogens with one attached hydrogen (secondary N) is 1. The van der Waals surface area contributed by atoms with E-state index in [9.17, 15) is 0 Å². The molecule has 0 aliphatic rings. The first-order valence-electron chi connectivity index (χ1n) is 4.93. The van der Waals surface area contributed by atoms with Crippen LogP contribution in [-0.2, 0) is 0 Å². The molecule has 0 fully saturated rings. The summed E-state index contributed by atoms with van der Waals surface area (Å²) < 4.78 is 5.73. The van der Waals surface area contributed by atoms with Crippen LogP contribution in [0.1, 0.15) is 13.3 Å². The number of likely N-dealkylation sites (N-methyl/N-ethyl adjacent to an activating group) is 1. The van der Waals surface area contributed by atoms with Gasteiger partial charge in [-0.3, -0.25) is 0 Å². The van der Waals surface area contributed by atoms with E-state index in [1.54, 1.807) is 12.1 Å². The summed E-state index contributed by atoms with van der Waals surface area (Å²) >= 11 is 11.7. The lowest BCUT2D eigenvalue weighted by atomic mass is 10.2. The van der Waals surface area contributed by atoms with E-state index in [-0.39, 0.29) is 6.10 Å². The maximum atomic E-state index is 5.89. The van der Waals surface area contributed by atoms with Gasteiger partial charge in [-0.25, -0.2) is 0 Å². The van der Waals surface area contributed by atoms with Crippen LogP contribution < -0.4 is 10.1 Å². The molecule has 1 atom stereocenters. The second-order valence-corrected chi connectivity index (χ2v) is 4.10. The minimum atomic E-state index is 0.159. The first-order valence-corrected chi connectivity index (χ1v) is 5.69. The molecular formula is C11H15Cl2NO. The summed E-state index contributed by atoms with van der Waals surface area (Å²) in [6.45, 7) is 2.90. The van der Waals surface area contributed by atoms with E-state index >= 15 is 0 Å². The van der Waals surface area contributed by atoms with Gasteiger partial charge in [-0.2, -0.15) is 0 Å². The van der Waals surface area contributed by atoms with Crippen molar-refractivity contribution in [2.75, 3.05) is 13.6 Å². The molecule has 0 amide bonds. The molecule has 0 aliphatic carbocycles. The Labute approximate surface area is 101 Å². The molecule has 0 spiro atoms. The predicted molar refractivity (Wildman–Crippen MR) is 65.1 cm³/mol. The molecule has 0 aromatic heterocycles. The Kier molecular flexibility index (Phi) is 5.23. The summed E-state index contributed by atoms with van der Waals surface area (Å²) in [6.07, 6.45) is 1.11. The van der Waals surface area contributed by atoms with Gasteiger partial charge in [0.1, 0.15) is 11.9 Å². The van der Waals surface area contributed by atoms with Crippen LogP contribution in [0.5, 0.6) is 5.75 Å². The van der Waals surface area contributed by atoms with E-state index < -0.39 is 0 Å². The van der Waals surface area contributed by atoms with Gasteiger partial charge in [0.2, 0.25) is 0 Å². The van der Waals surface area contributed by atoms with Crippen molar-refractivity contribution < 1.29 is 4.74 Å². The van der Waals surface area contributed by atoms with Crippen molar-refractivity contribution in [1.82, 2.24) is 5.32 Å². The first-order chi connectivity index (χ1) is 7.17. The van der Waals surface area contributed by atoms with Crippen molar-refractivity contribution in [2.24, 2.45) is 0 Å². The molecule has 1 aromatic carbocycles. The second-order valence-electron chi connectivity index (χ2n) is 3.28. The van der Waals surface area contributed by atoms with E-state index in [1.165, 1.54) is 0 Å². The van der Waals surface area contributed by atoms with Crippen molar-refractivity contribution in [2.45, 2.75) is 19.4 Å². The average Bonchev–Trinajstić information content (AvgIpc) is 2.23. The third-order valence-electron chi connectivity index (χ3n) is 2.08. The van der Waals surface area contributed by atoms with E-state index in [2.05, 4.69) is 12.2 Å². The quantitative estimate of drug-likeness (QED) is 0.862. The fourth-order valence-corrected chi connectivity index (χ4v) is 1.53. The van der Waals surface area contributed by atoms with Crippen LogP contribution in [0.4, 0.5) is 0 Å². The van der Waals surface area contributed by atoms with Crippen molar-refractivity contribution in [3.8, 4) is 5.75 Å². The molecule has 1 N–H and O–H groups in total. The van der Waals surface area contributed by atoms with Crippen LogP contribution in [0, 0.1) is 0 Å². The monoisotopic (exact) mass is 247 g/mol. The summed E-state index contributed by atoms with van der Waals surface area (Å²) in [6, 6.07) is 5.31. The molecule has 0 saturated carbocycles. The minimum Gasteiger partial charge on any atom is -0.489 e. The minimum absolute atomic E-state index is 0.159. The third kappa shape index (κ3) is 3.90. The summed E-state index contributed by atoms with van der Waals surface area (Å²) in [5.74, 6) is 0.756. The van der Waals surface area contributed by atoms with Crippen molar-refractivity contribution in [3.05, 3.63) is 28.2 Å². The lowest BCUT2D eigenvalue weighted by Gasteiger charge is -2.17. The zero-order valence-corrected chi connectivity index (χ0v) is 10.4. The molecule has 15 heavy (non-hydrogen) atoms. The van der Waals surface area contributed by atoms with E-state index in [1.807, 2.05) is 13.1 Å². The van der Waals surface area contributed by atoms with Gasteiger partial charge >= 0.3 is 0 Å². The van der Waals surface area contributed by atoms with Gasteiger partial charge in [0.25, 0.3) is 0 Å². The lowest BCUT2D eigenvalue weighted by molar-refractivity contribution is 0.196. The highest BCUT2D eigenvalue weighted by Crippen LogP contribution is 2.26. The Morgan fingerprint density at radius 2 is 2.07 bits per heavy atom. The van der Waals surface area contributed by atoms with Gasteiger partial charge in [0, 0.05) is 12.6 Å². The predicted octanol–water partition coefficient (Wildman–Crippen LogP) is 3.37. The molecule has 0 bridgehead atoms. The Morgan fingerprint density at radius 1 is 1.33 bits per heavy atom. The SMILES string of the molecule is CCC(CNC)Oc1ccc(Cl)c(Cl)c1. The number of hydrogen-bond donors (Lipinski definition) is 1. The molecule has 0 saturated heterocycles.